The minimum absolute atomic E-state index is 0.0820. The Labute approximate surface area is 163 Å². The average molecular weight is 395 g/mol. The van der Waals surface area contributed by atoms with Gasteiger partial charge in [0, 0.05) is 6.42 Å². The molecule has 0 atom stereocenters. The van der Waals surface area contributed by atoms with Crippen LogP contribution in [-0.4, -0.2) is 82.6 Å². The van der Waals surface area contributed by atoms with E-state index in [0.717, 1.165) is 11.3 Å². The molecule has 2 rings (SSSR count). The zero-order valence-electron chi connectivity index (χ0n) is 15.7. The lowest BCUT2D eigenvalue weighted by Crippen LogP contribution is -2.31. The molecule has 0 fully saturated rings. The summed E-state index contributed by atoms with van der Waals surface area (Å²) in [4.78, 5) is 39.5. The minimum Gasteiger partial charge on any atom is -0.379 e. The summed E-state index contributed by atoms with van der Waals surface area (Å²) in [6, 6.07) is 6.59. The van der Waals surface area contributed by atoms with Crippen LogP contribution in [0.5, 0.6) is 0 Å². The molecule has 1 aromatic carbocycles. The van der Waals surface area contributed by atoms with Crippen molar-refractivity contribution < 1.29 is 38.2 Å². The van der Waals surface area contributed by atoms with Gasteiger partial charge in [0.1, 0.15) is 6.29 Å². The van der Waals surface area contributed by atoms with Gasteiger partial charge in [0.05, 0.1) is 70.6 Å². The zero-order valence-corrected chi connectivity index (χ0v) is 15.7. The minimum atomic E-state index is -0.460. The highest BCUT2D eigenvalue weighted by molar-refractivity contribution is 6.20. The number of amides is 2. The fraction of sp³-hybridized carbons (Fsp3) is 0.526. The third kappa shape index (κ3) is 7.10. The van der Waals surface area contributed by atoms with E-state index in [2.05, 4.69) is 0 Å². The smallest absolute Gasteiger partial charge is 0.285 e. The number of rotatable bonds is 16. The number of carbonyl (C=O) groups excluding carboxylic acids is 3. The third-order valence-electron chi connectivity index (χ3n) is 3.70. The number of nitrogens with zero attached hydrogens (tertiary/aromatic N) is 1. The van der Waals surface area contributed by atoms with E-state index in [9.17, 15) is 14.4 Å². The van der Waals surface area contributed by atoms with Crippen LogP contribution in [0.2, 0.25) is 0 Å². The first-order valence-electron chi connectivity index (χ1n) is 9.11. The first-order valence-corrected chi connectivity index (χ1v) is 9.11. The van der Waals surface area contributed by atoms with E-state index in [1.54, 1.807) is 24.3 Å². The standard InChI is InChI=1S/C19H25NO8/c21-6-3-7-24-8-9-25-10-11-26-12-13-27-14-15-28-20-18(22)16-4-1-2-5-17(16)19(20)23/h1-2,4-6H,3,7-15H2. The third-order valence-corrected chi connectivity index (χ3v) is 3.70. The molecule has 1 aliphatic rings. The van der Waals surface area contributed by atoms with Gasteiger partial charge in [-0.15, -0.1) is 5.06 Å². The van der Waals surface area contributed by atoms with E-state index in [1.165, 1.54) is 0 Å². The van der Waals surface area contributed by atoms with Crippen LogP contribution in [0, 0.1) is 0 Å². The van der Waals surface area contributed by atoms with Crippen LogP contribution in [0.15, 0.2) is 24.3 Å². The molecular weight excluding hydrogens is 370 g/mol. The molecule has 2 amide bonds. The molecule has 0 spiro atoms. The second-order valence-corrected chi connectivity index (χ2v) is 5.69. The molecule has 28 heavy (non-hydrogen) atoms. The number of hydrogen-bond acceptors (Lipinski definition) is 8. The molecule has 154 valence electrons. The first-order chi connectivity index (χ1) is 13.8. The summed E-state index contributed by atoms with van der Waals surface area (Å²) >= 11 is 0. The van der Waals surface area contributed by atoms with E-state index >= 15 is 0 Å². The van der Waals surface area contributed by atoms with Gasteiger partial charge in [-0.1, -0.05) is 12.1 Å². The van der Waals surface area contributed by atoms with Crippen LogP contribution >= 0.6 is 0 Å². The molecule has 1 aliphatic heterocycles. The Hall–Kier alpha value is -2.17. The van der Waals surface area contributed by atoms with Gasteiger partial charge in [0.15, 0.2) is 0 Å². The number of carbonyl (C=O) groups is 3. The van der Waals surface area contributed by atoms with E-state index in [-0.39, 0.29) is 13.2 Å². The predicted molar refractivity (Wildman–Crippen MR) is 96.9 cm³/mol. The number of benzene rings is 1. The van der Waals surface area contributed by atoms with E-state index in [0.29, 0.717) is 63.8 Å². The van der Waals surface area contributed by atoms with Crippen molar-refractivity contribution >= 4 is 18.1 Å². The SMILES string of the molecule is O=CCCOCCOCCOCCOCCON1C(=O)c2ccccc2C1=O. The molecule has 1 aromatic rings. The van der Waals surface area contributed by atoms with Crippen molar-refractivity contribution in [3.63, 3.8) is 0 Å². The summed E-state index contributed by atoms with van der Waals surface area (Å²) in [5.74, 6) is -0.920. The molecule has 0 N–H and O–H groups in total. The summed E-state index contributed by atoms with van der Waals surface area (Å²) in [5, 5.41) is 0.768. The largest absolute Gasteiger partial charge is 0.379 e. The molecule has 0 unspecified atom stereocenters. The summed E-state index contributed by atoms with van der Waals surface area (Å²) in [5.41, 5.74) is 0.688. The molecule has 0 saturated carbocycles. The lowest BCUT2D eigenvalue weighted by Gasteiger charge is -2.13. The number of imide groups is 1. The van der Waals surface area contributed by atoms with Gasteiger partial charge in [-0.2, -0.15) is 0 Å². The summed E-state index contributed by atoms with van der Waals surface area (Å²) in [6.45, 7) is 3.26. The topological polar surface area (TPSA) is 101 Å². The predicted octanol–water partition coefficient (Wildman–Crippen LogP) is 0.870. The van der Waals surface area contributed by atoms with Crippen molar-refractivity contribution in [1.82, 2.24) is 5.06 Å². The lowest BCUT2D eigenvalue weighted by atomic mass is 10.1. The fourth-order valence-corrected chi connectivity index (χ4v) is 2.37. The highest BCUT2D eigenvalue weighted by Gasteiger charge is 2.36. The molecule has 0 aromatic heterocycles. The normalized spacial score (nSPS) is 13.2. The monoisotopic (exact) mass is 395 g/mol. The first kappa shape index (κ1) is 22.1. The van der Waals surface area contributed by atoms with Crippen LogP contribution in [-0.2, 0) is 28.6 Å². The van der Waals surface area contributed by atoms with Gasteiger partial charge in [-0.25, -0.2) is 0 Å². The summed E-state index contributed by atoms with van der Waals surface area (Å²) < 4.78 is 21.1. The molecule has 0 radical (unpaired) electrons. The molecule has 0 bridgehead atoms. The number of hydroxylamine groups is 2. The van der Waals surface area contributed by atoms with Crippen molar-refractivity contribution in [2.75, 3.05) is 59.5 Å². The maximum Gasteiger partial charge on any atom is 0.285 e. The molecule has 1 heterocycles. The van der Waals surface area contributed by atoms with Gasteiger partial charge in [0.2, 0.25) is 0 Å². The lowest BCUT2D eigenvalue weighted by molar-refractivity contribution is -0.109. The number of ether oxygens (including phenoxy) is 4. The highest BCUT2D eigenvalue weighted by atomic mass is 16.7. The van der Waals surface area contributed by atoms with E-state index < -0.39 is 11.8 Å². The van der Waals surface area contributed by atoms with Crippen molar-refractivity contribution in [2.45, 2.75) is 6.42 Å². The van der Waals surface area contributed by atoms with Crippen molar-refractivity contribution in [3.05, 3.63) is 35.4 Å². The Kier molecular flexibility index (Phi) is 10.3. The second kappa shape index (κ2) is 13.1. The van der Waals surface area contributed by atoms with E-state index in [4.69, 9.17) is 23.8 Å². The van der Waals surface area contributed by atoms with Crippen molar-refractivity contribution in [3.8, 4) is 0 Å². The Morgan fingerprint density at radius 2 is 1.11 bits per heavy atom. The number of fused-ring (bicyclic) bond motifs is 1. The van der Waals surface area contributed by atoms with Crippen LogP contribution in [0.25, 0.3) is 0 Å². The highest BCUT2D eigenvalue weighted by Crippen LogP contribution is 2.22. The fourth-order valence-electron chi connectivity index (χ4n) is 2.37. The van der Waals surface area contributed by atoms with Crippen molar-refractivity contribution in [2.24, 2.45) is 0 Å². The Balaban J connectivity index is 1.40. The number of hydrogen-bond donors (Lipinski definition) is 0. The van der Waals surface area contributed by atoms with E-state index in [1.807, 2.05) is 0 Å². The van der Waals surface area contributed by atoms with Gasteiger partial charge in [-0.05, 0) is 12.1 Å². The Bertz CT molecular complexity index is 601. The summed E-state index contributed by atoms with van der Waals surface area (Å²) in [7, 11) is 0. The molecular formula is C19H25NO8. The maximum atomic E-state index is 12.1. The molecule has 9 heteroatoms. The Morgan fingerprint density at radius 3 is 1.57 bits per heavy atom. The van der Waals surface area contributed by atoms with Gasteiger partial charge >= 0.3 is 0 Å². The van der Waals surface area contributed by atoms with Crippen LogP contribution in [0.1, 0.15) is 27.1 Å². The van der Waals surface area contributed by atoms with Gasteiger partial charge < -0.3 is 23.7 Å². The number of aldehydes is 1. The van der Waals surface area contributed by atoms with Crippen LogP contribution < -0.4 is 0 Å². The molecule has 9 nitrogen and oxygen atoms in total. The Morgan fingerprint density at radius 1 is 0.679 bits per heavy atom. The quantitative estimate of drug-likeness (QED) is 0.231. The molecule has 0 saturated heterocycles. The van der Waals surface area contributed by atoms with Crippen LogP contribution in [0.4, 0.5) is 0 Å². The summed E-state index contributed by atoms with van der Waals surface area (Å²) in [6.07, 6.45) is 1.21. The van der Waals surface area contributed by atoms with Crippen molar-refractivity contribution in [1.29, 1.82) is 0 Å². The average Bonchev–Trinajstić information content (AvgIpc) is 2.96. The molecule has 0 aliphatic carbocycles. The van der Waals surface area contributed by atoms with Gasteiger partial charge in [0.25, 0.3) is 11.8 Å². The zero-order chi connectivity index (χ0) is 20.0. The maximum absolute atomic E-state index is 12.1. The van der Waals surface area contributed by atoms with Crippen LogP contribution in [0.3, 0.4) is 0 Å². The van der Waals surface area contributed by atoms with Gasteiger partial charge in [-0.3, -0.25) is 14.4 Å². The second-order valence-electron chi connectivity index (χ2n) is 5.69.